The van der Waals surface area contributed by atoms with Crippen LogP contribution in [0.15, 0.2) is 34.2 Å². The van der Waals surface area contributed by atoms with Crippen molar-refractivity contribution in [3.63, 3.8) is 0 Å². The Morgan fingerprint density at radius 3 is 2.76 bits per heavy atom. The zero-order valence-corrected chi connectivity index (χ0v) is 16.2. The van der Waals surface area contributed by atoms with Crippen LogP contribution in [0.2, 0.25) is 0 Å². The number of hydrogen-bond donors (Lipinski definition) is 0. The summed E-state index contributed by atoms with van der Waals surface area (Å²) in [6.45, 7) is 5.04. The van der Waals surface area contributed by atoms with E-state index in [1.165, 1.54) is 12.8 Å². The van der Waals surface area contributed by atoms with Crippen LogP contribution in [0.25, 0.3) is 11.1 Å². The van der Waals surface area contributed by atoms with E-state index in [0.717, 1.165) is 22.0 Å². The first-order chi connectivity index (χ1) is 11.5. The van der Waals surface area contributed by atoms with Crippen LogP contribution >= 0.6 is 25.3 Å². The van der Waals surface area contributed by atoms with E-state index in [1.807, 2.05) is 24.4 Å². The molecule has 130 valence electrons. The summed E-state index contributed by atoms with van der Waals surface area (Å²) >= 11 is 1.69. The van der Waals surface area contributed by atoms with Crippen LogP contribution in [-0.4, -0.2) is 15.3 Å². The smallest absolute Gasteiger partial charge is 0.269 e. The minimum absolute atomic E-state index is 0. The Kier molecular flexibility index (Phi) is 4.74. The zero-order valence-electron chi connectivity index (χ0n) is 14.4. The standard InChI is InChI=1S/C19H19N3OS.H2S/c1-12-10-22-17(24-11-12)7-14(15(8-20)18(22)23)13-3-4-16(21-9-13)19(2)5-6-19;/h3-4,7,9,12H,5-6,10-11H2,1-2H3;1H2/t12-;/m0./s1. The molecule has 0 saturated heterocycles. The SMILES string of the molecule is C[C@@H]1CSc2cc(-c3ccc(C4(C)CC4)nc3)c(C#N)c(=O)n2C1.S. The number of fused-ring (bicyclic) bond motifs is 1. The molecular formula is C19H21N3OS2. The Morgan fingerprint density at radius 1 is 1.40 bits per heavy atom. The molecule has 1 aliphatic heterocycles. The quantitative estimate of drug-likeness (QED) is 0.808. The van der Waals surface area contributed by atoms with Gasteiger partial charge in [0.1, 0.15) is 11.6 Å². The first-order valence-electron chi connectivity index (χ1n) is 8.29. The summed E-state index contributed by atoms with van der Waals surface area (Å²) < 4.78 is 1.74. The van der Waals surface area contributed by atoms with Gasteiger partial charge in [-0.1, -0.05) is 19.9 Å². The summed E-state index contributed by atoms with van der Waals surface area (Å²) in [5.74, 6) is 1.44. The highest BCUT2D eigenvalue weighted by atomic mass is 32.2. The number of hydrogen-bond acceptors (Lipinski definition) is 4. The van der Waals surface area contributed by atoms with Gasteiger partial charge in [0.25, 0.3) is 5.56 Å². The van der Waals surface area contributed by atoms with Gasteiger partial charge in [0.2, 0.25) is 0 Å². The molecule has 25 heavy (non-hydrogen) atoms. The third-order valence-corrected chi connectivity index (χ3v) is 6.45. The van der Waals surface area contributed by atoms with E-state index in [-0.39, 0.29) is 30.0 Å². The minimum Gasteiger partial charge on any atom is -0.302 e. The molecule has 0 spiro atoms. The first-order valence-corrected chi connectivity index (χ1v) is 9.28. The summed E-state index contributed by atoms with van der Waals surface area (Å²) in [5, 5.41) is 10.5. The first kappa shape index (κ1) is 18.1. The lowest BCUT2D eigenvalue weighted by atomic mass is 10.00. The summed E-state index contributed by atoms with van der Waals surface area (Å²) in [5.41, 5.74) is 2.92. The number of nitrogens with zero attached hydrogens (tertiary/aromatic N) is 3. The van der Waals surface area contributed by atoms with Gasteiger partial charge >= 0.3 is 0 Å². The molecule has 2 aromatic rings. The van der Waals surface area contributed by atoms with E-state index in [1.54, 1.807) is 16.3 Å². The number of aromatic nitrogens is 2. The van der Waals surface area contributed by atoms with Crippen molar-refractivity contribution in [3.05, 3.63) is 46.0 Å². The number of pyridine rings is 2. The fraction of sp³-hybridized carbons (Fsp3) is 0.421. The normalized spacial score (nSPS) is 20.1. The summed E-state index contributed by atoms with van der Waals surface area (Å²) in [6.07, 6.45) is 4.16. The van der Waals surface area contributed by atoms with Gasteiger partial charge in [0, 0.05) is 40.7 Å². The van der Waals surface area contributed by atoms with Crippen LogP contribution in [-0.2, 0) is 12.0 Å². The highest BCUT2D eigenvalue weighted by Gasteiger charge is 2.40. The lowest BCUT2D eigenvalue weighted by Crippen LogP contribution is -2.30. The molecule has 2 aliphatic rings. The topological polar surface area (TPSA) is 58.7 Å². The molecule has 2 aromatic heterocycles. The van der Waals surface area contributed by atoms with E-state index in [9.17, 15) is 10.1 Å². The number of thioether (sulfide) groups is 1. The van der Waals surface area contributed by atoms with Crippen LogP contribution in [0, 0.1) is 17.2 Å². The van der Waals surface area contributed by atoms with Gasteiger partial charge in [-0.25, -0.2) is 0 Å². The van der Waals surface area contributed by atoms with Crippen LogP contribution in [0.3, 0.4) is 0 Å². The van der Waals surface area contributed by atoms with Crippen molar-refractivity contribution in [1.29, 1.82) is 5.26 Å². The second-order valence-corrected chi connectivity index (χ2v) is 8.25. The molecule has 1 saturated carbocycles. The zero-order chi connectivity index (χ0) is 16.9. The predicted octanol–water partition coefficient (Wildman–Crippen LogP) is 3.69. The van der Waals surface area contributed by atoms with Gasteiger partial charge in [0.05, 0.1) is 5.03 Å². The van der Waals surface area contributed by atoms with Crippen molar-refractivity contribution in [2.24, 2.45) is 5.92 Å². The van der Waals surface area contributed by atoms with Gasteiger partial charge in [-0.3, -0.25) is 9.78 Å². The summed E-state index contributed by atoms with van der Waals surface area (Å²) in [4.78, 5) is 17.3. The summed E-state index contributed by atoms with van der Waals surface area (Å²) in [7, 11) is 0. The second-order valence-electron chi connectivity index (χ2n) is 7.21. The monoisotopic (exact) mass is 371 g/mol. The average molecular weight is 372 g/mol. The van der Waals surface area contributed by atoms with E-state index in [0.29, 0.717) is 18.0 Å². The minimum atomic E-state index is -0.178. The fourth-order valence-corrected chi connectivity index (χ4v) is 4.27. The third-order valence-electron chi connectivity index (χ3n) is 5.08. The van der Waals surface area contributed by atoms with E-state index in [4.69, 9.17) is 0 Å². The van der Waals surface area contributed by atoms with Crippen molar-refractivity contribution < 1.29 is 0 Å². The van der Waals surface area contributed by atoms with Gasteiger partial charge < -0.3 is 4.57 Å². The molecule has 0 aromatic carbocycles. The van der Waals surface area contributed by atoms with Gasteiger partial charge in [-0.2, -0.15) is 18.8 Å². The Hall–Kier alpha value is -1.71. The molecule has 0 amide bonds. The van der Waals surface area contributed by atoms with Crippen molar-refractivity contribution in [2.45, 2.75) is 43.7 Å². The number of rotatable bonds is 2. The van der Waals surface area contributed by atoms with Crippen LogP contribution in [0.4, 0.5) is 0 Å². The fourth-order valence-electron chi connectivity index (χ4n) is 3.20. The second kappa shape index (κ2) is 6.54. The van der Waals surface area contributed by atoms with Crippen molar-refractivity contribution in [1.82, 2.24) is 9.55 Å². The van der Waals surface area contributed by atoms with E-state index >= 15 is 0 Å². The maximum Gasteiger partial charge on any atom is 0.269 e. The molecule has 1 aliphatic carbocycles. The molecule has 0 radical (unpaired) electrons. The molecule has 0 N–H and O–H groups in total. The van der Waals surface area contributed by atoms with Gasteiger partial charge in [-0.05, 0) is 30.9 Å². The third kappa shape index (κ3) is 3.11. The molecule has 1 fully saturated rings. The van der Waals surface area contributed by atoms with Crippen molar-refractivity contribution in [3.8, 4) is 17.2 Å². The van der Waals surface area contributed by atoms with E-state index < -0.39 is 0 Å². The van der Waals surface area contributed by atoms with Crippen molar-refractivity contribution in [2.75, 3.05) is 5.75 Å². The van der Waals surface area contributed by atoms with Gasteiger partial charge in [0.15, 0.2) is 0 Å². The highest BCUT2D eigenvalue weighted by molar-refractivity contribution is 7.99. The molecule has 6 heteroatoms. The van der Waals surface area contributed by atoms with Gasteiger partial charge in [-0.15, -0.1) is 11.8 Å². The summed E-state index contributed by atoms with van der Waals surface area (Å²) in [6, 6.07) is 8.12. The van der Waals surface area contributed by atoms with Crippen LogP contribution in [0.5, 0.6) is 0 Å². The average Bonchev–Trinajstić information content (AvgIpc) is 3.34. The van der Waals surface area contributed by atoms with Crippen LogP contribution < -0.4 is 5.56 Å². The number of nitriles is 1. The lowest BCUT2D eigenvalue weighted by molar-refractivity contribution is 0.474. The Bertz CT molecular complexity index is 908. The molecule has 0 bridgehead atoms. The molecule has 3 heterocycles. The van der Waals surface area contributed by atoms with Crippen molar-refractivity contribution >= 4 is 25.3 Å². The Morgan fingerprint density at radius 2 is 2.16 bits per heavy atom. The lowest BCUT2D eigenvalue weighted by Gasteiger charge is -2.24. The molecule has 4 rings (SSSR count). The molecule has 0 unspecified atom stereocenters. The maximum absolute atomic E-state index is 12.7. The maximum atomic E-state index is 12.7. The largest absolute Gasteiger partial charge is 0.302 e. The Balaban J connectivity index is 0.00000182. The highest BCUT2D eigenvalue weighted by Crippen LogP contribution is 2.46. The van der Waals surface area contributed by atoms with Crippen LogP contribution in [0.1, 0.15) is 37.9 Å². The van der Waals surface area contributed by atoms with E-state index in [2.05, 4.69) is 24.9 Å². The Labute approximate surface area is 158 Å². The molecule has 4 nitrogen and oxygen atoms in total. The predicted molar refractivity (Wildman–Crippen MR) is 106 cm³/mol. The molecule has 1 atom stereocenters. The molecular weight excluding hydrogens is 350 g/mol.